The van der Waals surface area contributed by atoms with E-state index < -0.39 is 6.17 Å². The van der Waals surface area contributed by atoms with E-state index in [4.69, 9.17) is 0 Å². The van der Waals surface area contributed by atoms with E-state index in [1.54, 1.807) is 4.68 Å². The summed E-state index contributed by atoms with van der Waals surface area (Å²) in [6.07, 6.45) is 5.35. The highest BCUT2D eigenvalue weighted by atomic mass is 19.1. The molecule has 1 aliphatic carbocycles. The topological polar surface area (TPSA) is 44.6 Å². The standard InChI is InChI=1S/C18H30FN5O/c1-21(2)16-5-14(6-16)18(25)22(3)12-17-7-15(19)11-24(17)10-13-8-20-23(4)9-13/h8-9,14-17H,5-7,10-12H2,1-4H3/t14?,15-,16?,17-/m0/s1. The van der Waals surface area contributed by atoms with Gasteiger partial charge in [0.05, 0.1) is 6.20 Å². The molecule has 25 heavy (non-hydrogen) atoms. The van der Waals surface area contributed by atoms with Crippen molar-refractivity contribution in [3.63, 3.8) is 0 Å². The Morgan fingerprint density at radius 2 is 2.04 bits per heavy atom. The van der Waals surface area contributed by atoms with Crippen LogP contribution in [0, 0.1) is 5.92 Å². The molecule has 1 saturated carbocycles. The van der Waals surface area contributed by atoms with E-state index in [0.29, 0.717) is 32.1 Å². The summed E-state index contributed by atoms with van der Waals surface area (Å²) in [7, 11) is 7.87. The number of carbonyl (C=O) groups is 1. The molecule has 3 rings (SSSR count). The van der Waals surface area contributed by atoms with Gasteiger partial charge in [-0.05, 0) is 33.4 Å². The zero-order chi connectivity index (χ0) is 18.1. The predicted octanol–water partition coefficient (Wildman–Crippen LogP) is 1.13. The van der Waals surface area contributed by atoms with Gasteiger partial charge in [-0.2, -0.15) is 5.10 Å². The highest BCUT2D eigenvalue weighted by Gasteiger charge is 2.39. The van der Waals surface area contributed by atoms with Crippen molar-refractivity contribution in [2.75, 3.05) is 34.2 Å². The molecule has 1 aromatic rings. The molecule has 1 aliphatic heterocycles. The normalized spacial score (nSPS) is 29.8. The first-order valence-corrected chi connectivity index (χ1v) is 9.10. The van der Waals surface area contributed by atoms with Crippen LogP contribution in [-0.4, -0.2) is 82.9 Å². The fourth-order valence-electron chi connectivity index (χ4n) is 4.02. The maximum atomic E-state index is 14.0. The summed E-state index contributed by atoms with van der Waals surface area (Å²) >= 11 is 0. The Hall–Kier alpha value is -1.47. The van der Waals surface area contributed by atoms with Gasteiger partial charge in [-0.15, -0.1) is 0 Å². The van der Waals surface area contributed by atoms with E-state index in [2.05, 4.69) is 29.0 Å². The van der Waals surface area contributed by atoms with Crippen molar-refractivity contribution in [2.45, 2.75) is 44.1 Å². The SMILES string of the molecule is CN(C[C@@H]1C[C@H](F)CN1Cc1cnn(C)c1)C(=O)C1CC(N(C)C)C1. The van der Waals surface area contributed by atoms with Crippen LogP contribution in [0.4, 0.5) is 4.39 Å². The Morgan fingerprint density at radius 1 is 1.32 bits per heavy atom. The van der Waals surface area contributed by atoms with Crippen LogP contribution in [0.2, 0.25) is 0 Å². The molecular formula is C18H30FN5O. The van der Waals surface area contributed by atoms with Crippen LogP contribution in [0.5, 0.6) is 0 Å². The molecular weight excluding hydrogens is 321 g/mol. The maximum Gasteiger partial charge on any atom is 0.225 e. The van der Waals surface area contributed by atoms with E-state index in [0.717, 1.165) is 18.4 Å². The van der Waals surface area contributed by atoms with Crippen molar-refractivity contribution >= 4 is 5.91 Å². The summed E-state index contributed by atoms with van der Waals surface area (Å²) in [5.74, 6) is 0.341. The van der Waals surface area contributed by atoms with Gasteiger partial charge in [0.25, 0.3) is 0 Å². The molecule has 6 nitrogen and oxygen atoms in total. The average molecular weight is 351 g/mol. The second-order valence-corrected chi connectivity index (χ2v) is 7.94. The van der Waals surface area contributed by atoms with E-state index in [-0.39, 0.29) is 17.9 Å². The lowest BCUT2D eigenvalue weighted by Crippen LogP contribution is -2.49. The van der Waals surface area contributed by atoms with E-state index in [1.807, 2.05) is 31.4 Å². The first-order valence-electron chi connectivity index (χ1n) is 9.10. The van der Waals surface area contributed by atoms with Gasteiger partial charge in [-0.25, -0.2) is 4.39 Å². The Morgan fingerprint density at radius 3 is 2.64 bits per heavy atom. The minimum absolute atomic E-state index is 0.0777. The quantitative estimate of drug-likeness (QED) is 0.771. The Bertz CT molecular complexity index is 598. The molecule has 1 aromatic heterocycles. The first-order chi connectivity index (χ1) is 11.8. The van der Waals surface area contributed by atoms with Crippen LogP contribution in [0.25, 0.3) is 0 Å². The number of aryl methyl sites for hydroxylation is 1. The van der Waals surface area contributed by atoms with Gasteiger partial charge in [0.1, 0.15) is 6.17 Å². The Labute approximate surface area is 149 Å². The molecule has 0 aromatic carbocycles. The number of amides is 1. The third-order valence-electron chi connectivity index (χ3n) is 5.67. The second-order valence-electron chi connectivity index (χ2n) is 7.94. The van der Waals surface area contributed by atoms with Crippen LogP contribution in [0.3, 0.4) is 0 Å². The number of carbonyl (C=O) groups excluding carboxylic acids is 1. The summed E-state index contributed by atoms with van der Waals surface area (Å²) in [6, 6.07) is 0.597. The van der Waals surface area contributed by atoms with Crippen molar-refractivity contribution < 1.29 is 9.18 Å². The number of rotatable bonds is 6. The first kappa shape index (κ1) is 18.3. The van der Waals surface area contributed by atoms with E-state index in [1.165, 1.54) is 0 Å². The van der Waals surface area contributed by atoms with E-state index in [9.17, 15) is 9.18 Å². The van der Waals surface area contributed by atoms with Crippen molar-refractivity contribution in [3.05, 3.63) is 18.0 Å². The molecule has 2 fully saturated rings. The smallest absolute Gasteiger partial charge is 0.225 e. The van der Waals surface area contributed by atoms with Crippen molar-refractivity contribution in [3.8, 4) is 0 Å². The molecule has 2 aliphatic rings. The summed E-state index contributed by atoms with van der Waals surface area (Å²) in [6.45, 7) is 1.73. The molecule has 1 amide bonds. The van der Waals surface area contributed by atoms with E-state index >= 15 is 0 Å². The third-order valence-corrected chi connectivity index (χ3v) is 5.67. The summed E-state index contributed by atoms with van der Waals surface area (Å²) in [5.41, 5.74) is 1.09. The third kappa shape index (κ3) is 4.20. The zero-order valence-electron chi connectivity index (χ0n) is 15.7. The zero-order valence-corrected chi connectivity index (χ0v) is 15.7. The fourth-order valence-corrected chi connectivity index (χ4v) is 4.02. The van der Waals surface area contributed by atoms with Crippen LogP contribution < -0.4 is 0 Å². The fraction of sp³-hybridized carbons (Fsp3) is 0.778. The Kier molecular flexibility index (Phi) is 5.43. The number of alkyl halides is 1. The molecule has 2 heterocycles. The van der Waals surface area contributed by atoms with Crippen molar-refractivity contribution in [1.29, 1.82) is 0 Å². The van der Waals surface area contributed by atoms with Gasteiger partial charge in [0.15, 0.2) is 0 Å². The van der Waals surface area contributed by atoms with Crippen molar-refractivity contribution in [1.82, 2.24) is 24.5 Å². The van der Waals surface area contributed by atoms with Crippen LogP contribution in [0.1, 0.15) is 24.8 Å². The summed E-state index contributed by atoms with van der Waals surface area (Å²) in [5, 5.41) is 4.18. The highest BCUT2D eigenvalue weighted by Crippen LogP contribution is 2.32. The minimum Gasteiger partial charge on any atom is -0.344 e. The van der Waals surface area contributed by atoms with Crippen LogP contribution >= 0.6 is 0 Å². The largest absolute Gasteiger partial charge is 0.344 e. The molecule has 0 radical (unpaired) electrons. The molecule has 0 N–H and O–H groups in total. The van der Waals surface area contributed by atoms with Crippen molar-refractivity contribution in [2.24, 2.45) is 13.0 Å². The molecule has 2 atom stereocenters. The monoisotopic (exact) mass is 351 g/mol. The lowest BCUT2D eigenvalue weighted by atomic mass is 9.78. The second kappa shape index (κ2) is 7.41. The molecule has 140 valence electrons. The number of halogens is 1. The number of likely N-dealkylation sites (N-methyl/N-ethyl adjacent to an activating group) is 1. The number of hydrogen-bond donors (Lipinski definition) is 0. The molecule has 7 heteroatoms. The number of nitrogens with zero attached hydrogens (tertiary/aromatic N) is 5. The number of likely N-dealkylation sites (tertiary alicyclic amines) is 1. The van der Waals surface area contributed by atoms with Crippen LogP contribution in [-0.2, 0) is 18.4 Å². The molecule has 1 saturated heterocycles. The van der Waals surface area contributed by atoms with Crippen LogP contribution in [0.15, 0.2) is 12.4 Å². The number of hydrogen-bond acceptors (Lipinski definition) is 4. The molecule has 0 unspecified atom stereocenters. The average Bonchev–Trinajstić information content (AvgIpc) is 3.03. The predicted molar refractivity (Wildman–Crippen MR) is 94.8 cm³/mol. The van der Waals surface area contributed by atoms with Gasteiger partial charge in [-0.3, -0.25) is 14.4 Å². The highest BCUT2D eigenvalue weighted by molar-refractivity contribution is 5.79. The van der Waals surface area contributed by atoms with Gasteiger partial charge in [0, 0.05) is 63.5 Å². The Balaban J connectivity index is 1.53. The summed E-state index contributed by atoms with van der Waals surface area (Å²) < 4.78 is 15.8. The minimum atomic E-state index is -0.813. The summed E-state index contributed by atoms with van der Waals surface area (Å²) in [4.78, 5) is 18.8. The van der Waals surface area contributed by atoms with Gasteiger partial charge in [0.2, 0.25) is 5.91 Å². The van der Waals surface area contributed by atoms with Gasteiger partial charge in [-0.1, -0.05) is 0 Å². The molecule has 0 spiro atoms. The number of aromatic nitrogens is 2. The lowest BCUT2D eigenvalue weighted by Gasteiger charge is -2.40. The van der Waals surface area contributed by atoms with Gasteiger partial charge < -0.3 is 9.80 Å². The van der Waals surface area contributed by atoms with Gasteiger partial charge >= 0.3 is 0 Å². The molecule has 0 bridgehead atoms. The maximum absolute atomic E-state index is 14.0. The lowest BCUT2D eigenvalue weighted by molar-refractivity contribution is -0.139.